The van der Waals surface area contributed by atoms with Crippen LogP contribution in [0, 0.1) is 0 Å². The molecule has 24 heavy (non-hydrogen) atoms. The Morgan fingerprint density at radius 1 is 1.21 bits per heavy atom. The summed E-state index contributed by atoms with van der Waals surface area (Å²) in [4.78, 5) is 14.9. The number of benzene rings is 1. The van der Waals surface area contributed by atoms with E-state index in [1.807, 2.05) is 43.3 Å². The SMILES string of the molecule is Cn1nnnc1C1CCCN(C(=O)c2nn(C)c3ccccc23)C1. The number of aromatic nitrogens is 6. The summed E-state index contributed by atoms with van der Waals surface area (Å²) < 4.78 is 3.45. The van der Waals surface area contributed by atoms with Crippen molar-refractivity contribution in [3.8, 4) is 0 Å². The normalized spacial score (nSPS) is 18.2. The summed E-state index contributed by atoms with van der Waals surface area (Å²) in [5.74, 6) is 0.975. The Hall–Kier alpha value is -2.77. The Bertz CT molecular complexity index is 897. The number of carbonyl (C=O) groups is 1. The molecule has 1 amide bonds. The average molecular weight is 325 g/mol. The molecule has 8 nitrogen and oxygen atoms in total. The maximum absolute atomic E-state index is 13.0. The third-order valence-electron chi connectivity index (χ3n) is 4.69. The van der Waals surface area contributed by atoms with Crippen LogP contribution in [0.15, 0.2) is 24.3 Å². The zero-order chi connectivity index (χ0) is 16.7. The summed E-state index contributed by atoms with van der Waals surface area (Å²) in [6.07, 6.45) is 1.93. The standard InChI is InChI=1S/C16H19N7O/c1-21-13-8-4-3-7-12(13)14(18-21)16(24)23-9-5-6-11(10-23)15-17-19-20-22(15)2/h3-4,7-8,11H,5-6,9-10H2,1-2H3. The zero-order valence-electron chi connectivity index (χ0n) is 13.8. The van der Waals surface area contributed by atoms with Crippen LogP contribution in [0.25, 0.3) is 10.9 Å². The highest BCUT2D eigenvalue weighted by atomic mass is 16.2. The highest BCUT2D eigenvalue weighted by Crippen LogP contribution is 2.27. The molecule has 0 bridgehead atoms. The number of rotatable bonds is 2. The Kier molecular flexibility index (Phi) is 3.51. The van der Waals surface area contributed by atoms with Gasteiger partial charge < -0.3 is 4.90 Å². The molecule has 1 saturated heterocycles. The van der Waals surface area contributed by atoms with Crippen LogP contribution >= 0.6 is 0 Å². The third kappa shape index (κ3) is 2.34. The lowest BCUT2D eigenvalue weighted by molar-refractivity contribution is 0.0698. The van der Waals surface area contributed by atoms with Gasteiger partial charge in [-0.15, -0.1) is 5.10 Å². The number of tetrazole rings is 1. The van der Waals surface area contributed by atoms with Gasteiger partial charge in [-0.05, 0) is 29.3 Å². The Morgan fingerprint density at radius 2 is 2.04 bits per heavy atom. The smallest absolute Gasteiger partial charge is 0.275 e. The maximum atomic E-state index is 13.0. The molecule has 0 saturated carbocycles. The van der Waals surface area contributed by atoms with E-state index in [0.717, 1.165) is 36.1 Å². The van der Waals surface area contributed by atoms with Crippen molar-refractivity contribution < 1.29 is 4.79 Å². The minimum atomic E-state index is -0.0216. The summed E-state index contributed by atoms with van der Waals surface area (Å²) in [5.41, 5.74) is 1.48. The monoisotopic (exact) mass is 325 g/mol. The minimum Gasteiger partial charge on any atom is -0.337 e. The fourth-order valence-electron chi connectivity index (χ4n) is 3.48. The molecule has 3 heterocycles. The Labute approximate surface area is 139 Å². The summed E-state index contributed by atoms with van der Waals surface area (Å²) >= 11 is 0. The topological polar surface area (TPSA) is 81.7 Å². The van der Waals surface area contributed by atoms with Crippen LogP contribution in [0.1, 0.15) is 35.1 Å². The van der Waals surface area contributed by atoms with E-state index >= 15 is 0 Å². The number of likely N-dealkylation sites (tertiary alicyclic amines) is 1. The number of hydrogen-bond acceptors (Lipinski definition) is 5. The molecule has 1 aliphatic heterocycles. The first kappa shape index (κ1) is 14.8. The molecule has 0 radical (unpaired) electrons. The second kappa shape index (κ2) is 5.70. The first-order valence-corrected chi connectivity index (χ1v) is 8.08. The molecule has 0 N–H and O–H groups in total. The zero-order valence-corrected chi connectivity index (χ0v) is 13.8. The van der Waals surface area contributed by atoms with Gasteiger partial charge >= 0.3 is 0 Å². The van der Waals surface area contributed by atoms with Gasteiger partial charge in [-0.2, -0.15) is 5.10 Å². The lowest BCUT2D eigenvalue weighted by atomic mass is 9.97. The summed E-state index contributed by atoms with van der Waals surface area (Å²) in [6, 6.07) is 7.81. The summed E-state index contributed by atoms with van der Waals surface area (Å²) in [6.45, 7) is 1.36. The van der Waals surface area contributed by atoms with Crippen molar-refractivity contribution in [2.45, 2.75) is 18.8 Å². The largest absolute Gasteiger partial charge is 0.337 e. The van der Waals surface area contributed by atoms with Crippen molar-refractivity contribution in [1.82, 2.24) is 34.9 Å². The van der Waals surface area contributed by atoms with Crippen LogP contribution in [0.4, 0.5) is 0 Å². The molecular weight excluding hydrogens is 306 g/mol. The van der Waals surface area contributed by atoms with Gasteiger partial charge in [0, 0.05) is 38.5 Å². The molecule has 2 aromatic heterocycles. The highest BCUT2D eigenvalue weighted by Gasteiger charge is 2.30. The molecule has 0 spiro atoms. The number of carbonyl (C=O) groups excluding carboxylic acids is 1. The maximum Gasteiger partial charge on any atom is 0.275 e. The van der Waals surface area contributed by atoms with Gasteiger partial charge in [0.25, 0.3) is 5.91 Å². The van der Waals surface area contributed by atoms with Crippen molar-refractivity contribution >= 4 is 16.8 Å². The van der Waals surface area contributed by atoms with E-state index < -0.39 is 0 Å². The van der Waals surface area contributed by atoms with Gasteiger partial charge in [-0.25, -0.2) is 4.68 Å². The molecule has 1 atom stereocenters. The van der Waals surface area contributed by atoms with Crippen molar-refractivity contribution in [1.29, 1.82) is 0 Å². The second-order valence-corrected chi connectivity index (χ2v) is 6.24. The quantitative estimate of drug-likeness (QED) is 0.705. The Balaban J connectivity index is 1.63. The third-order valence-corrected chi connectivity index (χ3v) is 4.69. The summed E-state index contributed by atoms with van der Waals surface area (Å²) in [7, 11) is 3.70. The molecule has 4 rings (SSSR count). The van der Waals surface area contributed by atoms with Crippen molar-refractivity contribution in [2.75, 3.05) is 13.1 Å². The van der Waals surface area contributed by atoms with E-state index in [9.17, 15) is 4.79 Å². The molecule has 1 aliphatic rings. The van der Waals surface area contributed by atoms with Crippen molar-refractivity contribution in [3.63, 3.8) is 0 Å². The minimum absolute atomic E-state index is 0.0216. The van der Waals surface area contributed by atoms with Crippen LogP contribution in [0.2, 0.25) is 0 Å². The lowest BCUT2D eigenvalue weighted by Gasteiger charge is -2.31. The van der Waals surface area contributed by atoms with Gasteiger partial charge in [-0.1, -0.05) is 18.2 Å². The second-order valence-electron chi connectivity index (χ2n) is 6.24. The fourth-order valence-corrected chi connectivity index (χ4v) is 3.48. The number of aryl methyl sites for hydroxylation is 2. The number of para-hydroxylation sites is 1. The average Bonchev–Trinajstić information content (AvgIpc) is 3.18. The van der Waals surface area contributed by atoms with Crippen LogP contribution in [0.3, 0.4) is 0 Å². The van der Waals surface area contributed by atoms with Crippen LogP contribution < -0.4 is 0 Å². The first-order valence-electron chi connectivity index (χ1n) is 8.08. The first-order chi connectivity index (χ1) is 11.6. The van der Waals surface area contributed by atoms with Crippen LogP contribution in [-0.2, 0) is 14.1 Å². The van der Waals surface area contributed by atoms with E-state index in [-0.39, 0.29) is 11.8 Å². The number of amides is 1. The van der Waals surface area contributed by atoms with Gasteiger partial charge in [-0.3, -0.25) is 9.48 Å². The molecule has 1 unspecified atom stereocenters. The van der Waals surface area contributed by atoms with Gasteiger partial charge in [0.15, 0.2) is 11.5 Å². The number of piperidine rings is 1. The van der Waals surface area contributed by atoms with E-state index in [1.165, 1.54) is 0 Å². The molecular formula is C16H19N7O. The van der Waals surface area contributed by atoms with Crippen molar-refractivity contribution in [2.24, 2.45) is 14.1 Å². The van der Waals surface area contributed by atoms with Gasteiger partial charge in [0.05, 0.1) is 5.52 Å². The molecule has 124 valence electrons. The molecule has 0 aliphatic carbocycles. The predicted molar refractivity (Wildman–Crippen MR) is 87.4 cm³/mol. The van der Waals surface area contributed by atoms with Crippen molar-refractivity contribution in [3.05, 3.63) is 35.8 Å². The molecule has 1 fully saturated rings. The van der Waals surface area contributed by atoms with E-state index in [1.54, 1.807) is 9.36 Å². The molecule has 3 aromatic rings. The van der Waals surface area contributed by atoms with E-state index in [2.05, 4.69) is 20.6 Å². The summed E-state index contributed by atoms with van der Waals surface area (Å²) in [5, 5.41) is 17.1. The predicted octanol–water partition coefficient (Wildman–Crippen LogP) is 1.12. The van der Waals surface area contributed by atoms with Gasteiger partial charge in [0.2, 0.25) is 0 Å². The lowest BCUT2D eigenvalue weighted by Crippen LogP contribution is -2.40. The van der Waals surface area contributed by atoms with Crippen LogP contribution in [-0.4, -0.2) is 53.9 Å². The Morgan fingerprint density at radius 3 is 2.83 bits per heavy atom. The van der Waals surface area contributed by atoms with E-state index in [4.69, 9.17) is 0 Å². The number of nitrogens with zero attached hydrogens (tertiary/aromatic N) is 7. The van der Waals surface area contributed by atoms with E-state index in [0.29, 0.717) is 12.2 Å². The molecule has 1 aromatic carbocycles. The fraction of sp³-hybridized carbons (Fsp3) is 0.438. The van der Waals surface area contributed by atoms with Gasteiger partial charge in [0.1, 0.15) is 0 Å². The number of fused-ring (bicyclic) bond motifs is 1. The van der Waals surface area contributed by atoms with Crippen LogP contribution in [0.5, 0.6) is 0 Å². The number of hydrogen-bond donors (Lipinski definition) is 0. The molecule has 8 heteroatoms. The highest BCUT2D eigenvalue weighted by molar-refractivity contribution is 6.04.